The van der Waals surface area contributed by atoms with Gasteiger partial charge in [0, 0.05) is 37.7 Å². The van der Waals surface area contributed by atoms with E-state index in [9.17, 15) is 8.42 Å². The van der Waals surface area contributed by atoms with E-state index >= 15 is 0 Å². The fourth-order valence-corrected chi connectivity index (χ4v) is 3.87. The summed E-state index contributed by atoms with van der Waals surface area (Å²) in [5, 5.41) is 3.13. The zero-order valence-corrected chi connectivity index (χ0v) is 12.8. The van der Waals surface area contributed by atoms with Crippen molar-refractivity contribution in [2.75, 3.05) is 56.5 Å². The van der Waals surface area contributed by atoms with Gasteiger partial charge in [-0.25, -0.2) is 13.1 Å². The van der Waals surface area contributed by atoms with E-state index in [2.05, 4.69) is 14.9 Å². The van der Waals surface area contributed by atoms with Gasteiger partial charge in [-0.15, -0.1) is 0 Å². The molecule has 0 aromatic heterocycles. The Morgan fingerprint density at radius 2 is 1.94 bits per heavy atom. The van der Waals surface area contributed by atoms with E-state index in [1.54, 1.807) is 0 Å². The molecule has 0 aliphatic carbocycles. The number of thioether (sulfide) groups is 1. The van der Waals surface area contributed by atoms with Gasteiger partial charge in [0.05, 0.1) is 5.75 Å². The van der Waals surface area contributed by atoms with Gasteiger partial charge in [0.1, 0.15) is 0 Å². The summed E-state index contributed by atoms with van der Waals surface area (Å²) in [6.45, 7) is 7.19. The van der Waals surface area contributed by atoms with Crippen molar-refractivity contribution in [1.29, 1.82) is 0 Å². The molecule has 0 amide bonds. The molecule has 0 aromatic rings. The summed E-state index contributed by atoms with van der Waals surface area (Å²) >= 11 is 1.97. The Kier molecular flexibility index (Phi) is 8.25. The predicted molar refractivity (Wildman–Crippen MR) is 78.7 cm³/mol. The van der Waals surface area contributed by atoms with Crippen LogP contribution in [0.4, 0.5) is 0 Å². The minimum atomic E-state index is -3.08. The van der Waals surface area contributed by atoms with E-state index in [1.807, 2.05) is 18.7 Å². The molecule has 7 heteroatoms. The quantitative estimate of drug-likeness (QED) is 0.584. The second-order valence-corrected chi connectivity index (χ2v) is 7.53. The maximum Gasteiger partial charge on any atom is 0.211 e. The average molecular weight is 295 g/mol. The Morgan fingerprint density at radius 3 is 2.61 bits per heavy atom. The molecule has 108 valence electrons. The summed E-state index contributed by atoms with van der Waals surface area (Å²) in [6, 6.07) is 0. The Hall–Kier alpha value is 0.180. The molecule has 0 aromatic carbocycles. The zero-order chi connectivity index (χ0) is 13.3. The first-order chi connectivity index (χ1) is 8.64. The maximum atomic E-state index is 11.7. The van der Waals surface area contributed by atoms with Crippen molar-refractivity contribution in [3.05, 3.63) is 0 Å². The third-order valence-corrected chi connectivity index (χ3v) is 5.28. The van der Waals surface area contributed by atoms with Crippen LogP contribution in [0.1, 0.15) is 13.3 Å². The topological polar surface area (TPSA) is 61.4 Å². The second kappa shape index (κ2) is 9.14. The number of hydrogen-bond acceptors (Lipinski definition) is 5. The molecule has 1 aliphatic heterocycles. The summed E-state index contributed by atoms with van der Waals surface area (Å²) in [5.41, 5.74) is 0. The summed E-state index contributed by atoms with van der Waals surface area (Å²) in [5.74, 6) is 2.54. The molecule has 1 fully saturated rings. The van der Waals surface area contributed by atoms with Crippen molar-refractivity contribution in [3.63, 3.8) is 0 Å². The third-order valence-electron chi connectivity index (χ3n) is 2.87. The van der Waals surface area contributed by atoms with Gasteiger partial charge in [-0.1, -0.05) is 6.92 Å². The van der Waals surface area contributed by atoms with E-state index in [4.69, 9.17) is 0 Å². The molecule has 1 heterocycles. The second-order valence-electron chi connectivity index (χ2n) is 4.37. The summed E-state index contributed by atoms with van der Waals surface area (Å²) in [7, 11) is -3.08. The highest BCUT2D eigenvalue weighted by Gasteiger charge is 2.12. The highest BCUT2D eigenvalue weighted by Crippen LogP contribution is 2.07. The summed E-state index contributed by atoms with van der Waals surface area (Å²) < 4.78 is 26.0. The molecule has 1 saturated heterocycles. The van der Waals surface area contributed by atoms with Crippen LogP contribution in [0.2, 0.25) is 0 Å². The minimum Gasteiger partial charge on any atom is -0.317 e. The summed E-state index contributed by atoms with van der Waals surface area (Å²) in [6.07, 6.45) is 0.670. The van der Waals surface area contributed by atoms with E-state index in [0.29, 0.717) is 13.0 Å². The molecule has 0 unspecified atom stereocenters. The fraction of sp³-hybridized carbons (Fsp3) is 1.00. The molecular weight excluding hydrogens is 270 g/mol. The Bertz CT molecular complexity index is 303. The van der Waals surface area contributed by atoms with Gasteiger partial charge in [-0.05, 0) is 19.5 Å². The molecule has 0 bridgehead atoms. The number of sulfonamides is 1. The van der Waals surface area contributed by atoms with Crippen LogP contribution < -0.4 is 10.0 Å². The first-order valence-electron chi connectivity index (χ1n) is 6.62. The Morgan fingerprint density at radius 1 is 1.22 bits per heavy atom. The molecule has 0 saturated carbocycles. The third kappa shape index (κ3) is 7.58. The Balaban J connectivity index is 2.08. The standard InChI is InChI=1S/C11H25N3O2S2/c1-2-12-4-3-11-18(15,16)13-5-6-14-7-9-17-10-8-14/h12-13H,2-11H2,1H3. The lowest BCUT2D eigenvalue weighted by Gasteiger charge is -2.25. The van der Waals surface area contributed by atoms with Crippen LogP contribution in [0.3, 0.4) is 0 Å². The normalized spacial score (nSPS) is 18.1. The van der Waals surface area contributed by atoms with Gasteiger partial charge in [0.2, 0.25) is 10.0 Å². The number of rotatable bonds is 9. The van der Waals surface area contributed by atoms with Gasteiger partial charge >= 0.3 is 0 Å². The molecule has 18 heavy (non-hydrogen) atoms. The van der Waals surface area contributed by atoms with Crippen molar-refractivity contribution < 1.29 is 8.42 Å². The van der Waals surface area contributed by atoms with Crippen LogP contribution in [0, 0.1) is 0 Å². The maximum absolute atomic E-state index is 11.7. The summed E-state index contributed by atoms with van der Waals surface area (Å²) in [4.78, 5) is 2.32. The lowest BCUT2D eigenvalue weighted by atomic mass is 10.5. The SMILES string of the molecule is CCNCCCS(=O)(=O)NCCN1CCSCC1. The van der Waals surface area contributed by atoms with Gasteiger partial charge in [-0.3, -0.25) is 0 Å². The monoisotopic (exact) mass is 295 g/mol. The van der Waals surface area contributed by atoms with Crippen LogP contribution in [0.25, 0.3) is 0 Å². The van der Waals surface area contributed by atoms with Crippen LogP contribution in [-0.2, 0) is 10.0 Å². The van der Waals surface area contributed by atoms with Gasteiger partial charge in [0.15, 0.2) is 0 Å². The zero-order valence-electron chi connectivity index (χ0n) is 11.2. The average Bonchev–Trinajstić information content (AvgIpc) is 2.36. The smallest absolute Gasteiger partial charge is 0.211 e. The molecule has 5 nitrogen and oxygen atoms in total. The van der Waals surface area contributed by atoms with Crippen molar-refractivity contribution in [2.24, 2.45) is 0 Å². The molecule has 0 atom stereocenters. The number of nitrogens with zero attached hydrogens (tertiary/aromatic N) is 1. The first-order valence-corrected chi connectivity index (χ1v) is 9.43. The predicted octanol–water partition coefficient (Wildman–Crippen LogP) is -0.0458. The van der Waals surface area contributed by atoms with Gasteiger partial charge in [0.25, 0.3) is 0 Å². The van der Waals surface area contributed by atoms with Gasteiger partial charge < -0.3 is 10.2 Å². The molecule has 1 rings (SSSR count). The van der Waals surface area contributed by atoms with Crippen molar-refractivity contribution in [3.8, 4) is 0 Å². The molecule has 2 N–H and O–H groups in total. The lowest BCUT2D eigenvalue weighted by molar-refractivity contribution is 0.307. The van der Waals surface area contributed by atoms with E-state index in [-0.39, 0.29) is 5.75 Å². The van der Waals surface area contributed by atoms with Crippen molar-refractivity contribution in [2.45, 2.75) is 13.3 Å². The fourth-order valence-electron chi connectivity index (χ4n) is 1.82. The molecule has 0 spiro atoms. The lowest BCUT2D eigenvalue weighted by Crippen LogP contribution is -2.39. The minimum absolute atomic E-state index is 0.218. The van der Waals surface area contributed by atoms with Crippen molar-refractivity contribution in [1.82, 2.24) is 14.9 Å². The highest BCUT2D eigenvalue weighted by molar-refractivity contribution is 7.99. The largest absolute Gasteiger partial charge is 0.317 e. The molecule has 1 aliphatic rings. The van der Waals surface area contributed by atoms with Crippen molar-refractivity contribution >= 4 is 21.8 Å². The van der Waals surface area contributed by atoms with Crippen LogP contribution in [0.5, 0.6) is 0 Å². The number of hydrogen-bond donors (Lipinski definition) is 2. The molecule has 0 radical (unpaired) electrons. The van der Waals surface area contributed by atoms with E-state index in [0.717, 1.165) is 44.2 Å². The van der Waals surface area contributed by atoms with Crippen LogP contribution in [0.15, 0.2) is 0 Å². The Labute approximate surface area is 115 Å². The van der Waals surface area contributed by atoms with E-state index in [1.165, 1.54) is 0 Å². The van der Waals surface area contributed by atoms with Gasteiger partial charge in [-0.2, -0.15) is 11.8 Å². The van der Waals surface area contributed by atoms with Crippen LogP contribution in [-0.4, -0.2) is 69.8 Å². The molecular formula is C11H25N3O2S2. The first kappa shape index (κ1) is 16.2. The van der Waals surface area contributed by atoms with E-state index < -0.39 is 10.0 Å². The highest BCUT2D eigenvalue weighted by atomic mass is 32.2. The number of nitrogens with one attached hydrogen (secondary N) is 2. The van der Waals surface area contributed by atoms with Crippen LogP contribution >= 0.6 is 11.8 Å².